The summed E-state index contributed by atoms with van der Waals surface area (Å²) in [6.07, 6.45) is -1.49. The summed E-state index contributed by atoms with van der Waals surface area (Å²) >= 11 is 0. The number of carboxylic acid groups (broad SMARTS) is 1. The van der Waals surface area contributed by atoms with Crippen LogP contribution in [0.3, 0.4) is 0 Å². The van der Waals surface area contributed by atoms with E-state index in [9.17, 15) is 29.4 Å². The van der Waals surface area contributed by atoms with Gasteiger partial charge >= 0.3 is 6.09 Å². The number of rotatable bonds is 11. The molecule has 42 heavy (non-hydrogen) atoms. The van der Waals surface area contributed by atoms with Crippen molar-refractivity contribution in [3.05, 3.63) is 119 Å². The highest BCUT2D eigenvalue weighted by atomic mass is 16.5. The Bertz CT molecular complexity index is 1590. The molecule has 0 unspecified atom stereocenters. The van der Waals surface area contributed by atoms with Crippen LogP contribution >= 0.6 is 0 Å². The molecule has 0 aromatic heterocycles. The molecule has 11 heteroatoms. The first kappa shape index (κ1) is 29.2. The molecule has 0 heterocycles. The highest BCUT2D eigenvalue weighted by molar-refractivity contribution is 6.11. The number of aromatic hydroxyl groups is 2. The van der Waals surface area contributed by atoms with Crippen LogP contribution < -0.4 is 14.9 Å². The van der Waals surface area contributed by atoms with E-state index in [-0.39, 0.29) is 53.1 Å². The first-order valence-corrected chi connectivity index (χ1v) is 12.6. The molecule has 2 amide bonds. The van der Waals surface area contributed by atoms with Gasteiger partial charge in [0.05, 0.1) is 17.7 Å². The van der Waals surface area contributed by atoms with Crippen LogP contribution in [0, 0.1) is 0 Å². The number of amides is 2. The third kappa shape index (κ3) is 7.42. The van der Waals surface area contributed by atoms with Crippen molar-refractivity contribution in [1.29, 1.82) is 0 Å². The van der Waals surface area contributed by atoms with E-state index < -0.39 is 24.4 Å². The first-order valence-electron chi connectivity index (χ1n) is 12.6. The molecular formula is C31H26N2O9. The predicted octanol–water partition coefficient (Wildman–Crippen LogP) is 4.03. The monoisotopic (exact) mass is 570 g/mol. The molecule has 214 valence electrons. The van der Waals surface area contributed by atoms with Crippen LogP contribution in [0.5, 0.6) is 23.0 Å². The largest absolute Gasteiger partial charge is 0.507 e. The van der Waals surface area contributed by atoms with Gasteiger partial charge in [0.2, 0.25) is 0 Å². The molecule has 0 atom stereocenters. The minimum Gasteiger partial charge on any atom is -0.507 e. The van der Waals surface area contributed by atoms with Gasteiger partial charge in [-0.2, -0.15) is 0 Å². The summed E-state index contributed by atoms with van der Waals surface area (Å²) < 4.78 is 10.9. The topological polar surface area (TPSA) is 163 Å². The maximum absolute atomic E-state index is 12.7. The molecule has 0 radical (unpaired) electrons. The number of benzene rings is 4. The van der Waals surface area contributed by atoms with E-state index in [4.69, 9.17) is 14.6 Å². The summed E-state index contributed by atoms with van der Waals surface area (Å²) in [6.45, 7) is -0.993. The van der Waals surface area contributed by atoms with Gasteiger partial charge < -0.3 is 24.8 Å². The molecule has 0 aliphatic rings. The first-order chi connectivity index (χ1) is 20.2. The van der Waals surface area contributed by atoms with Gasteiger partial charge in [0.15, 0.2) is 18.2 Å². The maximum Gasteiger partial charge on any atom is 0.423 e. The summed E-state index contributed by atoms with van der Waals surface area (Å²) in [5.41, 5.74) is 2.89. The van der Waals surface area contributed by atoms with Crippen molar-refractivity contribution >= 4 is 23.6 Å². The number of hydrogen-bond donors (Lipinski definition) is 4. The molecule has 0 saturated carbocycles. The minimum atomic E-state index is -1.49. The third-order valence-corrected chi connectivity index (χ3v) is 5.98. The molecule has 0 spiro atoms. The van der Waals surface area contributed by atoms with Crippen molar-refractivity contribution in [2.24, 2.45) is 0 Å². The van der Waals surface area contributed by atoms with Gasteiger partial charge in [-0.05, 0) is 24.3 Å². The van der Waals surface area contributed by atoms with E-state index in [1.54, 1.807) is 60.7 Å². The molecule has 4 rings (SSSR count). The number of carbonyl (C=O) groups excluding carboxylic acids is 3. The number of carbonyl (C=O) groups is 4. The van der Waals surface area contributed by atoms with Crippen LogP contribution in [0.25, 0.3) is 0 Å². The van der Waals surface area contributed by atoms with Crippen LogP contribution in [-0.4, -0.2) is 63.7 Å². The SMILES string of the molecule is O=C(O)NN(CCOc1ccc(C(=O)c2ccccc2)c(O)c1)C(=O)COc1ccc(C(=O)c2ccccc2)c(O)c1. The van der Waals surface area contributed by atoms with Crippen LogP contribution in [0.4, 0.5) is 4.79 Å². The molecule has 4 aromatic rings. The van der Waals surface area contributed by atoms with E-state index in [1.165, 1.54) is 36.4 Å². The second kappa shape index (κ2) is 13.5. The Morgan fingerprint density at radius 1 is 0.667 bits per heavy atom. The van der Waals surface area contributed by atoms with Crippen molar-refractivity contribution in [3.63, 3.8) is 0 Å². The highest BCUT2D eigenvalue weighted by Gasteiger charge is 2.19. The lowest BCUT2D eigenvalue weighted by Gasteiger charge is -2.22. The Hall–Kier alpha value is -5.84. The molecule has 0 aliphatic carbocycles. The van der Waals surface area contributed by atoms with Gasteiger partial charge in [-0.1, -0.05) is 60.7 Å². The Kier molecular flexibility index (Phi) is 9.36. The lowest BCUT2D eigenvalue weighted by Crippen LogP contribution is -2.49. The van der Waals surface area contributed by atoms with E-state index in [0.29, 0.717) is 11.1 Å². The minimum absolute atomic E-state index is 0.0506. The highest BCUT2D eigenvalue weighted by Crippen LogP contribution is 2.27. The van der Waals surface area contributed by atoms with Gasteiger partial charge in [-0.15, -0.1) is 0 Å². The van der Waals surface area contributed by atoms with Gasteiger partial charge in [-0.25, -0.2) is 15.2 Å². The lowest BCUT2D eigenvalue weighted by molar-refractivity contribution is -0.136. The van der Waals surface area contributed by atoms with Gasteiger partial charge in [0.1, 0.15) is 29.6 Å². The summed E-state index contributed by atoms with van der Waals surface area (Å²) in [5, 5.41) is 30.6. The van der Waals surface area contributed by atoms with E-state index in [1.807, 2.05) is 5.43 Å². The Morgan fingerprint density at radius 3 is 1.60 bits per heavy atom. The van der Waals surface area contributed by atoms with Crippen LogP contribution in [0.1, 0.15) is 31.8 Å². The number of nitrogens with zero attached hydrogens (tertiary/aromatic N) is 1. The number of hydrogen-bond acceptors (Lipinski definition) is 8. The molecule has 4 aromatic carbocycles. The summed E-state index contributed by atoms with van der Waals surface area (Å²) in [7, 11) is 0. The van der Waals surface area contributed by atoms with Crippen LogP contribution in [-0.2, 0) is 4.79 Å². The fraction of sp³-hybridized carbons (Fsp3) is 0.0968. The Labute approximate surface area is 240 Å². The molecule has 11 nitrogen and oxygen atoms in total. The molecule has 0 fully saturated rings. The fourth-order valence-electron chi connectivity index (χ4n) is 3.91. The zero-order valence-corrected chi connectivity index (χ0v) is 22.1. The maximum atomic E-state index is 12.7. The summed E-state index contributed by atoms with van der Waals surface area (Å²) in [5.74, 6) is -1.90. The number of phenols is 2. The van der Waals surface area contributed by atoms with Crippen molar-refractivity contribution in [2.75, 3.05) is 19.8 Å². The normalized spacial score (nSPS) is 10.4. The third-order valence-electron chi connectivity index (χ3n) is 5.98. The fourth-order valence-corrected chi connectivity index (χ4v) is 3.91. The van der Waals surface area contributed by atoms with Crippen molar-refractivity contribution in [1.82, 2.24) is 10.4 Å². The predicted molar refractivity (Wildman–Crippen MR) is 150 cm³/mol. The molecular weight excluding hydrogens is 544 g/mol. The summed E-state index contributed by atoms with van der Waals surface area (Å²) in [4.78, 5) is 49.1. The van der Waals surface area contributed by atoms with Crippen LogP contribution in [0.15, 0.2) is 97.1 Å². The molecule has 4 N–H and O–H groups in total. The number of hydrazine groups is 1. The second-order valence-electron chi connectivity index (χ2n) is 8.85. The quantitative estimate of drug-likeness (QED) is 0.154. The van der Waals surface area contributed by atoms with Crippen molar-refractivity contribution in [3.8, 4) is 23.0 Å². The van der Waals surface area contributed by atoms with E-state index >= 15 is 0 Å². The van der Waals surface area contributed by atoms with Gasteiger partial charge in [-0.3, -0.25) is 14.4 Å². The number of nitrogens with one attached hydrogen (secondary N) is 1. The molecule has 0 saturated heterocycles. The number of ether oxygens (including phenoxy) is 2. The standard InChI is InChI=1S/C31H26N2O9/c34-26-17-22(11-13-24(26)29(37)20-7-3-1-4-8-20)41-16-15-33(32-31(39)40)28(36)19-42-23-12-14-25(27(35)18-23)30(38)21-9-5-2-6-10-21/h1-14,17-18,32,34-35H,15-16,19H2,(H,39,40). The Morgan fingerprint density at radius 2 is 1.14 bits per heavy atom. The van der Waals surface area contributed by atoms with Gasteiger partial charge in [0, 0.05) is 23.3 Å². The van der Waals surface area contributed by atoms with E-state index in [2.05, 4.69) is 0 Å². The zero-order chi connectivity index (χ0) is 30.1. The van der Waals surface area contributed by atoms with Crippen molar-refractivity contribution in [2.45, 2.75) is 0 Å². The van der Waals surface area contributed by atoms with E-state index in [0.717, 1.165) is 5.01 Å². The summed E-state index contributed by atoms with van der Waals surface area (Å²) in [6, 6.07) is 24.9. The molecule has 0 aliphatic heterocycles. The zero-order valence-electron chi connectivity index (χ0n) is 22.1. The molecule has 0 bridgehead atoms. The van der Waals surface area contributed by atoms with Crippen molar-refractivity contribution < 1.29 is 44.0 Å². The average molecular weight is 571 g/mol. The lowest BCUT2D eigenvalue weighted by atomic mass is 10.0. The average Bonchev–Trinajstić information content (AvgIpc) is 2.99. The number of phenolic OH excluding ortho intramolecular Hbond substituents is 2. The van der Waals surface area contributed by atoms with Gasteiger partial charge in [0.25, 0.3) is 5.91 Å². The van der Waals surface area contributed by atoms with Crippen LogP contribution in [0.2, 0.25) is 0 Å². The smallest absolute Gasteiger partial charge is 0.423 e. The second-order valence-corrected chi connectivity index (χ2v) is 8.85. The Balaban J connectivity index is 1.33. The number of ketones is 2.